The van der Waals surface area contributed by atoms with E-state index in [1.54, 1.807) is 48.7 Å². The van der Waals surface area contributed by atoms with Crippen molar-refractivity contribution in [3.63, 3.8) is 0 Å². The molecule has 2 atom stereocenters. The summed E-state index contributed by atoms with van der Waals surface area (Å²) in [6, 6.07) is 11.3. The maximum absolute atomic E-state index is 13.7. The largest absolute Gasteiger partial charge is 0.495 e. The molecule has 3 rings (SSSR count). The zero-order valence-electron chi connectivity index (χ0n) is 18.1. The van der Waals surface area contributed by atoms with E-state index in [9.17, 15) is 14.4 Å². The summed E-state index contributed by atoms with van der Waals surface area (Å²) in [5, 5.41) is 2.95. The van der Waals surface area contributed by atoms with E-state index in [4.69, 9.17) is 4.74 Å². The van der Waals surface area contributed by atoms with Gasteiger partial charge in [-0.25, -0.2) is 0 Å². The summed E-state index contributed by atoms with van der Waals surface area (Å²) in [5.41, 5.74) is 0.373. The first-order valence-corrected chi connectivity index (χ1v) is 11.0. The number of para-hydroxylation sites is 2. The Labute approximate surface area is 186 Å². The fourth-order valence-corrected chi connectivity index (χ4v) is 4.41. The Kier molecular flexibility index (Phi) is 7.00. The standard InChI is InChI=1S/C23H27N3O4S/c1-23(2,3)25-21(28)20(16-9-7-8-12-24-16)26(17-10-5-6-11-18(17)30-4)22(29)15-13-19(27)31-14-15/h5-12,15,20H,13-14H2,1-4H3,(H,25,28)/t15-,20-/m1/s1. The highest BCUT2D eigenvalue weighted by Crippen LogP contribution is 2.38. The van der Waals surface area contributed by atoms with Crippen molar-refractivity contribution in [2.75, 3.05) is 17.8 Å². The van der Waals surface area contributed by atoms with Crippen LogP contribution in [0.2, 0.25) is 0 Å². The number of benzene rings is 1. The molecule has 2 aromatic rings. The first kappa shape index (κ1) is 22.8. The number of hydrogen-bond acceptors (Lipinski definition) is 6. The summed E-state index contributed by atoms with van der Waals surface area (Å²) in [7, 11) is 1.52. The number of thioether (sulfide) groups is 1. The summed E-state index contributed by atoms with van der Waals surface area (Å²) in [6.07, 6.45) is 1.73. The average Bonchev–Trinajstić information content (AvgIpc) is 3.17. The van der Waals surface area contributed by atoms with Crippen LogP contribution in [-0.2, 0) is 14.4 Å². The van der Waals surface area contributed by atoms with E-state index < -0.39 is 17.5 Å². The molecule has 1 aromatic heterocycles. The first-order chi connectivity index (χ1) is 14.7. The average molecular weight is 442 g/mol. The molecule has 1 aliphatic heterocycles. The monoisotopic (exact) mass is 441 g/mol. The Morgan fingerprint density at radius 3 is 2.48 bits per heavy atom. The molecular formula is C23H27N3O4S. The molecule has 0 unspecified atom stereocenters. The molecule has 1 saturated heterocycles. The predicted octanol–water partition coefficient (Wildman–Crippen LogP) is 3.36. The second-order valence-corrected chi connectivity index (χ2v) is 9.44. The lowest BCUT2D eigenvalue weighted by Gasteiger charge is -2.35. The zero-order valence-corrected chi connectivity index (χ0v) is 18.9. The van der Waals surface area contributed by atoms with Gasteiger partial charge in [-0.05, 0) is 45.0 Å². The molecule has 0 aliphatic carbocycles. The molecule has 0 saturated carbocycles. The lowest BCUT2D eigenvalue weighted by atomic mass is 10.0. The maximum Gasteiger partial charge on any atom is 0.249 e. The molecule has 7 nitrogen and oxygen atoms in total. The molecule has 1 fully saturated rings. The van der Waals surface area contributed by atoms with Gasteiger partial charge in [-0.2, -0.15) is 0 Å². The van der Waals surface area contributed by atoms with Crippen molar-refractivity contribution in [2.24, 2.45) is 5.92 Å². The minimum atomic E-state index is -1.02. The highest BCUT2D eigenvalue weighted by Gasteiger charge is 2.41. The summed E-state index contributed by atoms with van der Waals surface area (Å²) in [6.45, 7) is 5.63. The van der Waals surface area contributed by atoms with Gasteiger partial charge in [0.25, 0.3) is 0 Å². The predicted molar refractivity (Wildman–Crippen MR) is 121 cm³/mol. The van der Waals surface area contributed by atoms with Gasteiger partial charge in [0.1, 0.15) is 5.75 Å². The molecule has 0 radical (unpaired) electrons. The van der Waals surface area contributed by atoms with Crippen LogP contribution in [0.5, 0.6) is 5.75 Å². The van der Waals surface area contributed by atoms with Crippen molar-refractivity contribution in [3.05, 3.63) is 54.4 Å². The van der Waals surface area contributed by atoms with Crippen molar-refractivity contribution in [3.8, 4) is 5.75 Å². The van der Waals surface area contributed by atoms with E-state index in [1.807, 2.05) is 20.8 Å². The van der Waals surface area contributed by atoms with Crippen LogP contribution in [0.25, 0.3) is 0 Å². The van der Waals surface area contributed by atoms with E-state index in [0.717, 1.165) is 11.8 Å². The molecular weight excluding hydrogens is 414 g/mol. The molecule has 0 spiro atoms. The van der Waals surface area contributed by atoms with Crippen LogP contribution < -0.4 is 15.0 Å². The third-order valence-electron chi connectivity index (χ3n) is 4.76. The van der Waals surface area contributed by atoms with E-state index in [-0.39, 0.29) is 23.4 Å². The third-order valence-corrected chi connectivity index (χ3v) is 5.82. The Bertz CT molecular complexity index is 959. The second-order valence-electron chi connectivity index (χ2n) is 8.36. The molecule has 2 amide bonds. The lowest BCUT2D eigenvalue weighted by molar-refractivity contribution is -0.129. The minimum absolute atomic E-state index is 0.0214. The number of anilines is 1. The number of nitrogens with zero attached hydrogens (tertiary/aromatic N) is 2. The number of hydrogen-bond donors (Lipinski definition) is 1. The van der Waals surface area contributed by atoms with Gasteiger partial charge in [0.15, 0.2) is 11.2 Å². The van der Waals surface area contributed by atoms with Gasteiger partial charge in [-0.3, -0.25) is 24.3 Å². The van der Waals surface area contributed by atoms with Crippen LogP contribution in [0.4, 0.5) is 5.69 Å². The van der Waals surface area contributed by atoms with Crippen LogP contribution in [0.15, 0.2) is 48.7 Å². The van der Waals surface area contributed by atoms with Crippen LogP contribution >= 0.6 is 11.8 Å². The number of ether oxygens (including phenoxy) is 1. The van der Waals surface area contributed by atoms with E-state index in [0.29, 0.717) is 22.9 Å². The van der Waals surface area contributed by atoms with Gasteiger partial charge in [0, 0.05) is 23.9 Å². The Morgan fingerprint density at radius 2 is 1.90 bits per heavy atom. The number of pyridine rings is 1. The van der Waals surface area contributed by atoms with Crippen LogP contribution in [0.1, 0.15) is 38.9 Å². The van der Waals surface area contributed by atoms with E-state index in [2.05, 4.69) is 10.3 Å². The van der Waals surface area contributed by atoms with Crippen LogP contribution in [-0.4, -0.2) is 40.3 Å². The third kappa shape index (κ3) is 5.44. The van der Waals surface area contributed by atoms with Gasteiger partial charge in [0.2, 0.25) is 11.8 Å². The normalized spacial score (nSPS) is 17.2. The molecule has 8 heteroatoms. The van der Waals surface area contributed by atoms with Gasteiger partial charge in [0.05, 0.1) is 24.4 Å². The molecule has 1 N–H and O–H groups in total. The zero-order chi connectivity index (χ0) is 22.6. The summed E-state index contributed by atoms with van der Waals surface area (Å²) >= 11 is 1.15. The summed E-state index contributed by atoms with van der Waals surface area (Å²) in [5.74, 6) is -0.336. The smallest absolute Gasteiger partial charge is 0.249 e. The minimum Gasteiger partial charge on any atom is -0.495 e. The quantitative estimate of drug-likeness (QED) is 0.740. The number of carbonyl (C=O) groups is 3. The summed E-state index contributed by atoms with van der Waals surface area (Å²) < 4.78 is 5.51. The Morgan fingerprint density at radius 1 is 1.19 bits per heavy atom. The molecule has 31 heavy (non-hydrogen) atoms. The topological polar surface area (TPSA) is 88.6 Å². The van der Waals surface area contributed by atoms with E-state index >= 15 is 0 Å². The first-order valence-electron chi connectivity index (χ1n) is 10.1. The van der Waals surface area contributed by atoms with Crippen LogP contribution in [0.3, 0.4) is 0 Å². The summed E-state index contributed by atoms with van der Waals surface area (Å²) in [4.78, 5) is 44.9. The van der Waals surface area contributed by atoms with Gasteiger partial charge >= 0.3 is 0 Å². The van der Waals surface area contributed by atoms with E-state index in [1.165, 1.54) is 12.0 Å². The number of carbonyl (C=O) groups excluding carboxylic acids is 3. The van der Waals surface area contributed by atoms with Gasteiger partial charge in [-0.15, -0.1) is 0 Å². The molecule has 0 bridgehead atoms. The van der Waals surface area contributed by atoms with Crippen LogP contribution in [0, 0.1) is 5.92 Å². The molecule has 1 aliphatic rings. The SMILES string of the molecule is COc1ccccc1N(C(=O)[C@H]1CSC(=O)C1)[C@@H](C(=O)NC(C)(C)C)c1ccccn1. The van der Waals surface area contributed by atoms with Crippen molar-refractivity contribution in [1.82, 2.24) is 10.3 Å². The molecule has 164 valence electrons. The fraction of sp³-hybridized carbons (Fsp3) is 0.391. The van der Waals surface area contributed by atoms with Crippen molar-refractivity contribution >= 4 is 34.4 Å². The Hall–Kier alpha value is -2.87. The Balaban J connectivity index is 2.16. The van der Waals surface area contributed by atoms with Crippen molar-refractivity contribution in [1.29, 1.82) is 0 Å². The molecule has 2 heterocycles. The second kappa shape index (κ2) is 9.51. The van der Waals surface area contributed by atoms with Gasteiger partial charge < -0.3 is 10.1 Å². The molecule has 1 aromatic carbocycles. The van der Waals surface area contributed by atoms with Crippen molar-refractivity contribution in [2.45, 2.75) is 38.8 Å². The number of rotatable bonds is 6. The number of amides is 2. The fourth-order valence-electron chi connectivity index (χ4n) is 3.44. The van der Waals surface area contributed by atoms with Crippen molar-refractivity contribution < 1.29 is 19.1 Å². The highest BCUT2D eigenvalue weighted by molar-refractivity contribution is 8.14. The maximum atomic E-state index is 13.7. The number of methoxy groups -OCH3 is 1. The van der Waals surface area contributed by atoms with Gasteiger partial charge in [-0.1, -0.05) is 30.0 Å². The highest BCUT2D eigenvalue weighted by atomic mass is 32.2. The lowest BCUT2D eigenvalue weighted by Crippen LogP contribution is -2.51. The number of nitrogens with one attached hydrogen (secondary N) is 1. The number of aromatic nitrogens is 1.